The number of pyridine rings is 2. The average molecular weight is 478 g/mol. The molecule has 6 nitrogen and oxygen atoms in total. The normalized spacial score (nSPS) is 16.6. The van der Waals surface area contributed by atoms with Crippen molar-refractivity contribution in [1.82, 2.24) is 9.55 Å². The molecule has 0 spiro atoms. The fraction of sp³-hybridized carbons (Fsp3) is 0.407. The SMILES string of the molecule is CC(C)(C)[Si](C)(C)O[C@@H]1CCN(c2ccc(-n3ccc(OCc4ccccc4)cc3=O)cn2)C1. The van der Waals surface area contributed by atoms with Crippen molar-refractivity contribution in [3.8, 4) is 11.4 Å². The Morgan fingerprint density at radius 3 is 2.50 bits per heavy atom. The monoisotopic (exact) mass is 477 g/mol. The van der Waals surface area contributed by atoms with Crippen LogP contribution >= 0.6 is 0 Å². The van der Waals surface area contributed by atoms with Gasteiger partial charge in [-0.2, -0.15) is 0 Å². The van der Waals surface area contributed by atoms with Crippen LogP contribution in [-0.4, -0.2) is 37.1 Å². The van der Waals surface area contributed by atoms with Gasteiger partial charge in [0, 0.05) is 25.4 Å². The standard InChI is InChI=1S/C27H35N3O3Si/c1-27(2,3)34(4,5)33-24-13-15-29(19-24)25-12-11-22(18-28-25)30-16-14-23(17-26(30)31)32-20-21-9-7-6-8-10-21/h6-12,14,16-18,24H,13,15,19-20H2,1-5H3/t24-/m1/s1. The summed E-state index contributed by atoms with van der Waals surface area (Å²) in [6.07, 6.45) is 4.75. The van der Waals surface area contributed by atoms with E-state index < -0.39 is 8.32 Å². The quantitative estimate of drug-likeness (QED) is 0.426. The zero-order valence-electron chi connectivity index (χ0n) is 20.8. The van der Waals surface area contributed by atoms with Crippen molar-refractivity contribution in [2.45, 2.75) is 58.0 Å². The summed E-state index contributed by atoms with van der Waals surface area (Å²) in [6, 6.07) is 17.1. The lowest BCUT2D eigenvalue weighted by molar-refractivity contribution is 0.202. The van der Waals surface area contributed by atoms with Crippen LogP contribution in [0.3, 0.4) is 0 Å². The predicted octanol–water partition coefficient (Wildman–Crippen LogP) is 5.41. The van der Waals surface area contributed by atoms with Gasteiger partial charge in [-0.05, 0) is 48.3 Å². The number of benzene rings is 1. The molecule has 1 aromatic carbocycles. The second-order valence-electron chi connectivity index (χ2n) is 10.5. The third-order valence-electron chi connectivity index (χ3n) is 6.89. The van der Waals surface area contributed by atoms with Gasteiger partial charge < -0.3 is 14.1 Å². The molecule has 180 valence electrons. The summed E-state index contributed by atoms with van der Waals surface area (Å²) in [5, 5.41) is 0.204. The number of hydrogen-bond acceptors (Lipinski definition) is 5. The largest absolute Gasteiger partial charge is 0.489 e. The maximum absolute atomic E-state index is 12.7. The Balaban J connectivity index is 1.38. The van der Waals surface area contributed by atoms with Gasteiger partial charge in [-0.25, -0.2) is 4.98 Å². The molecular weight excluding hydrogens is 442 g/mol. The summed E-state index contributed by atoms with van der Waals surface area (Å²) < 4.78 is 13.9. The van der Waals surface area contributed by atoms with E-state index in [-0.39, 0.29) is 16.7 Å². The first-order chi connectivity index (χ1) is 16.1. The highest BCUT2D eigenvalue weighted by atomic mass is 28.4. The molecule has 0 N–H and O–H groups in total. The van der Waals surface area contributed by atoms with Crippen LogP contribution in [0.4, 0.5) is 5.82 Å². The van der Waals surface area contributed by atoms with Gasteiger partial charge in [0.05, 0.1) is 18.0 Å². The van der Waals surface area contributed by atoms with Gasteiger partial charge in [0.15, 0.2) is 8.32 Å². The van der Waals surface area contributed by atoms with E-state index in [1.54, 1.807) is 17.0 Å². The van der Waals surface area contributed by atoms with Crippen molar-refractivity contribution in [2.24, 2.45) is 0 Å². The molecular formula is C27H35N3O3Si. The van der Waals surface area contributed by atoms with Crippen molar-refractivity contribution in [3.63, 3.8) is 0 Å². The molecule has 4 rings (SSSR count). The van der Waals surface area contributed by atoms with Gasteiger partial charge in [-0.3, -0.25) is 9.36 Å². The van der Waals surface area contributed by atoms with E-state index in [2.05, 4.69) is 43.7 Å². The summed E-state index contributed by atoms with van der Waals surface area (Å²) in [5.41, 5.74) is 1.64. The maximum Gasteiger partial charge on any atom is 0.258 e. The summed E-state index contributed by atoms with van der Waals surface area (Å²) in [7, 11) is -1.79. The summed E-state index contributed by atoms with van der Waals surface area (Å²) in [4.78, 5) is 19.6. The van der Waals surface area contributed by atoms with Crippen LogP contribution in [-0.2, 0) is 11.0 Å². The highest BCUT2D eigenvalue weighted by molar-refractivity contribution is 6.74. The van der Waals surface area contributed by atoms with Crippen LogP contribution in [0.2, 0.25) is 18.1 Å². The smallest absolute Gasteiger partial charge is 0.258 e. The van der Waals surface area contributed by atoms with Crippen LogP contribution in [0.15, 0.2) is 71.8 Å². The van der Waals surface area contributed by atoms with Crippen molar-refractivity contribution in [2.75, 3.05) is 18.0 Å². The molecule has 0 saturated carbocycles. The zero-order valence-corrected chi connectivity index (χ0v) is 21.8. The van der Waals surface area contributed by atoms with Crippen molar-refractivity contribution in [1.29, 1.82) is 0 Å². The second kappa shape index (κ2) is 9.76. The Kier molecular flexibility index (Phi) is 6.95. The minimum Gasteiger partial charge on any atom is -0.489 e. The lowest BCUT2D eigenvalue weighted by atomic mass is 10.2. The first kappa shape index (κ1) is 24.2. The Labute approximate surface area is 203 Å². The van der Waals surface area contributed by atoms with E-state index in [0.717, 1.165) is 36.6 Å². The molecule has 0 aliphatic carbocycles. The highest BCUT2D eigenvalue weighted by Crippen LogP contribution is 2.38. The fourth-order valence-electron chi connectivity index (χ4n) is 3.84. The van der Waals surface area contributed by atoms with Crippen molar-refractivity contribution >= 4 is 14.1 Å². The third kappa shape index (κ3) is 5.59. The van der Waals surface area contributed by atoms with Crippen LogP contribution < -0.4 is 15.2 Å². The van der Waals surface area contributed by atoms with E-state index in [1.165, 1.54) is 6.07 Å². The lowest BCUT2D eigenvalue weighted by Gasteiger charge is -2.38. The van der Waals surface area contributed by atoms with Crippen LogP contribution in [0.1, 0.15) is 32.8 Å². The molecule has 3 heterocycles. The predicted molar refractivity (Wildman–Crippen MR) is 140 cm³/mol. The molecule has 0 unspecified atom stereocenters. The molecule has 1 fully saturated rings. The molecule has 2 aromatic heterocycles. The number of rotatable bonds is 7. The second-order valence-corrected chi connectivity index (χ2v) is 15.2. The minimum atomic E-state index is -1.79. The molecule has 7 heteroatoms. The zero-order chi connectivity index (χ0) is 24.3. The number of anilines is 1. The van der Waals surface area contributed by atoms with Crippen molar-refractivity contribution in [3.05, 3.63) is 82.9 Å². The Morgan fingerprint density at radius 2 is 1.85 bits per heavy atom. The van der Waals surface area contributed by atoms with E-state index in [9.17, 15) is 4.79 Å². The van der Waals surface area contributed by atoms with Crippen molar-refractivity contribution < 1.29 is 9.16 Å². The molecule has 1 aliphatic heterocycles. The van der Waals surface area contributed by atoms with E-state index in [0.29, 0.717) is 12.4 Å². The maximum atomic E-state index is 12.7. The average Bonchev–Trinajstić information content (AvgIpc) is 3.26. The van der Waals surface area contributed by atoms with Crippen LogP contribution in [0.25, 0.3) is 5.69 Å². The molecule has 0 bridgehead atoms. The first-order valence-corrected chi connectivity index (χ1v) is 14.8. The van der Waals surface area contributed by atoms with Gasteiger partial charge in [-0.1, -0.05) is 51.1 Å². The highest BCUT2D eigenvalue weighted by Gasteiger charge is 2.40. The molecule has 34 heavy (non-hydrogen) atoms. The van der Waals surface area contributed by atoms with Gasteiger partial charge in [0.2, 0.25) is 0 Å². The van der Waals surface area contributed by atoms with Gasteiger partial charge >= 0.3 is 0 Å². The summed E-state index contributed by atoms with van der Waals surface area (Å²) >= 11 is 0. The number of nitrogens with zero attached hydrogens (tertiary/aromatic N) is 3. The molecule has 1 atom stereocenters. The first-order valence-electron chi connectivity index (χ1n) is 11.9. The molecule has 3 aromatic rings. The van der Waals surface area contributed by atoms with E-state index >= 15 is 0 Å². The third-order valence-corrected chi connectivity index (χ3v) is 11.4. The van der Waals surface area contributed by atoms with Gasteiger partial charge in [-0.15, -0.1) is 0 Å². The van der Waals surface area contributed by atoms with E-state index in [1.807, 2.05) is 48.5 Å². The summed E-state index contributed by atoms with van der Waals surface area (Å²) in [5.74, 6) is 1.47. The Hall–Kier alpha value is -2.90. The fourth-order valence-corrected chi connectivity index (χ4v) is 5.22. The lowest BCUT2D eigenvalue weighted by Crippen LogP contribution is -2.44. The van der Waals surface area contributed by atoms with Gasteiger partial charge in [0.1, 0.15) is 18.2 Å². The van der Waals surface area contributed by atoms with E-state index in [4.69, 9.17) is 9.16 Å². The number of hydrogen-bond donors (Lipinski definition) is 0. The minimum absolute atomic E-state index is 0.149. The molecule has 1 saturated heterocycles. The Bertz CT molecular complexity index is 1150. The molecule has 0 amide bonds. The molecule has 1 aliphatic rings. The van der Waals surface area contributed by atoms with Gasteiger partial charge in [0.25, 0.3) is 5.56 Å². The Morgan fingerprint density at radius 1 is 1.09 bits per heavy atom. The molecule has 0 radical (unpaired) electrons. The topological polar surface area (TPSA) is 56.6 Å². The number of aromatic nitrogens is 2. The summed E-state index contributed by atoms with van der Waals surface area (Å²) in [6.45, 7) is 13.6. The number of ether oxygens (including phenoxy) is 1. The van der Waals surface area contributed by atoms with Crippen LogP contribution in [0, 0.1) is 0 Å². The van der Waals surface area contributed by atoms with Crippen LogP contribution in [0.5, 0.6) is 5.75 Å².